The van der Waals surface area contributed by atoms with Gasteiger partial charge in [0, 0.05) is 149 Å². The number of aliphatic imine (C=N–C) groups is 3. The fraction of sp³-hybridized carbons (Fsp3) is 0.625. The summed E-state index contributed by atoms with van der Waals surface area (Å²) < 4.78 is 31.9. The van der Waals surface area contributed by atoms with Gasteiger partial charge in [-0.15, -0.1) is 0 Å². The summed E-state index contributed by atoms with van der Waals surface area (Å²) in [7, 11) is -3.79. The van der Waals surface area contributed by atoms with Crippen molar-refractivity contribution in [2.24, 2.45) is 89.0 Å². The van der Waals surface area contributed by atoms with Gasteiger partial charge < -0.3 is 89.9 Å². The number of carbonyl (C=O) groups is 7. The average Bonchev–Trinajstić information content (AvgIpc) is 1.49. The van der Waals surface area contributed by atoms with Crippen LogP contribution in [-0.4, -0.2) is 134 Å². The SMILES string of the molecule is CNC(=O)CC[C@@H]1C2=NC(=C(C)C3=N[C@@](C)([C@@H]4NC(=C(C)C5=NC(=C2)C(C)(C)[C@@H]5CCC(N)=O)[C@](C)(CCC(=O)NC[C@@H](C)OP(=O)([O-])O[C@H]2[C@@H](O)[C@@H](n5cnc6cc(C)c(C)cc65)O[C@@H]2CO)[C@H]4CC(N)=O)[C@@](C)(CC(N)=O)[C@@H]3CCC(N)=O)[C@@]1(C)CC(N)=O.[C-]#N.[Co]. The molecule has 0 saturated carbocycles. The van der Waals surface area contributed by atoms with E-state index in [0.29, 0.717) is 56.4 Å². The number of primary amides is 5. The van der Waals surface area contributed by atoms with Crippen LogP contribution in [0, 0.1) is 71.0 Å². The van der Waals surface area contributed by atoms with E-state index in [-0.39, 0.29) is 99.9 Å². The minimum atomic E-state index is -5.31. The van der Waals surface area contributed by atoms with Crippen molar-refractivity contribution < 1.29 is 83.8 Å². The zero-order valence-corrected chi connectivity index (χ0v) is 57.4. The van der Waals surface area contributed by atoms with E-state index in [1.807, 2.05) is 87.4 Å². The van der Waals surface area contributed by atoms with Crippen LogP contribution >= 0.6 is 7.82 Å². The largest absolute Gasteiger partial charge is 0.756 e. The molecule has 15 atom stereocenters. The van der Waals surface area contributed by atoms with Crippen LogP contribution in [0.1, 0.15) is 150 Å². The number of aryl methyl sites for hydroxylation is 2. The molecule has 0 spiro atoms. The van der Waals surface area contributed by atoms with E-state index in [4.69, 9.17) is 69.3 Å². The summed E-state index contributed by atoms with van der Waals surface area (Å²) in [6.45, 7) is 24.0. The number of benzene rings is 1. The van der Waals surface area contributed by atoms with Gasteiger partial charge in [-0.2, -0.15) is 0 Å². The third-order valence-electron chi connectivity index (χ3n) is 20.9. The molecule has 8 bridgehead atoms. The maximum atomic E-state index is 14.4. The molecule has 7 amide bonds. The van der Waals surface area contributed by atoms with E-state index in [1.54, 1.807) is 0 Å². The number of nitrogens with one attached hydrogen (secondary N) is 3. The fourth-order valence-electron chi connectivity index (χ4n) is 15.6. The Bertz CT molecular complexity index is 3620. The van der Waals surface area contributed by atoms with Gasteiger partial charge in [0.2, 0.25) is 41.4 Å². The summed E-state index contributed by atoms with van der Waals surface area (Å²) >= 11 is 0. The molecule has 1 aromatic carbocycles. The van der Waals surface area contributed by atoms with Gasteiger partial charge in [-0.3, -0.25) is 53.1 Å². The van der Waals surface area contributed by atoms with Crippen molar-refractivity contribution in [1.29, 1.82) is 5.26 Å². The second kappa shape index (κ2) is 29.1. The quantitative estimate of drug-likeness (QED) is 0.0478. The maximum Gasteiger partial charge on any atom is 0.268 e. The van der Waals surface area contributed by atoms with Gasteiger partial charge in [-0.1, -0.05) is 34.6 Å². The standard InChI is InChI=1S/C63H92N13O14P.CN.Co/c1-30-21-40-41(22-31(30)2)76(29-71-40)58-53(85)54(42(28-77)88-58)90-91(86,87)89-32(3)27-70-50(84)19-20-60(8)38(23-46(66)80)57-63(11)62(10,26-48(68)82)37(14-17-45(65)79)52(75-63)34(5)56-61(9,25-47(67)81)35(15-18-49(83)69-12)39(72-56)24-43-59(6,7)36(13-16-44(64)78)51(73-43)33(4)55(60)74-57;1-2;/h21-22,24,29,32,35-38,42,53-54,57-58,74,77,85H,13-20,23,25-28H2,1-12H3,(H2,64,78)(H2,65,79)(H2,66,80)(H2,67,81)(H2,68,82)(H,69,83)(H,70,84)(H,86,87);;/q;-1;/p-1/t32-,35-,36-,37-,38+,42-,53-,54-,57-,58+,60-,61+,62+,63+;;/m1../s1. The van der Waals surface area contributed by atoms with Crippen molar-refractivity contribution in [2.75, 3.05) is 20.2 Å². The van der Waals surface area contributed by atoms with Crippen LogP contribution in [0.2, 0.25) is 0 Å². The molecule has 2 aromatic rings. The van der Waals surface area contributed by atoms with Crippen molar-refractivity contribution in [3.63, 3.8) is 0 Å². The van der Waals surface area contributed by atoms with Crippen LogP contribution in [-0.2, 0) is 68.7 Å². The number of ether oxygens (including phenoxy) is 1. The molecule has 1 radical (unpaired) electrons. The van der Waals surface area contributed by atoms with Gasteiger partial charge in [0.25, 0.3) is 7.82 Å². The molecule has 15 N–H and O–H groups in total. The van der Waals surface area contributed by atoms with Crippen LogP contribution < -0.4 is 49.5 Å². The zero-order chi connectivity index (χ0) is 69.4. The normalized spacial score (nSPS) is 30.8. The summed E-state index contributed by atoms with van der Waals surface area (Å²) in [5.74, 6) is -6.78. The van der Waals surface area contributed by atoms with Crippen molar-refractivity contribution in [3.05, 3.63) is 70.5 Å². The Morgan fingerprint density at radius 1 is 0.819 bits per heavy atom. The van der Waals surface area contributed by atoms with Gasteiger partial charge in [-0.05, 0) is 108 Å². The first kappa shape index (κ1) is 76.0. The first-order valence-corrected chi connectivity index (χ1v) is 32.7. The topological polar surface area (TPSA) is 473 Å². The number of aliphatic hydroxyl groups excluding tert-OH is 2. The molecule has 517 valence electrons. The smallest absolute Gasteiger partial charge is 0.268 e. The van der Waals surface area contributed by atoms with Crippen LogP contribution in [0.25, 0.3) is 11.0 Å². The molecule has 7 heterocycles. The number of hydrogen-bond donors (Lipinski definition) is 10. The maximum absolute atomic E-state index is 14.4. The van der Waals surface area contributed by atoms with E-state index in [0.717, 1.165) is 11.1 Å². The number of nitrogens with two attached hydrogens (primary N) is 5. The Labute approximate surface area is 558 Å². The molecule has 8 rings (SSSR count). The number of imidazole rings is 1. The summed E-state index contributed by atoms with van der Waals surface area (Å²) in [5.41, 5.74) is 31.7. The van der Waals surface area contributed by atoms with Crippen LogP contribution in [0.5, 0.6) is 0 Å². The minimum Gasteiger partial charge on any atom is -0.756 e. The van der Waals surface area contributed by atoms with Gasteiger partial charge in [0.1, 0.15) is 18.3 Å². The number of amides is 7. The zero-order valence-electron chi connectivity index (χ0n) is 55.4. The number of carbonyl (C=O) groups excluding carboxylic acids is 7. The van der Waals surface area contributed by atoms with E-state index < -0.39 is 137 Å². The minimum absolute atomic E-state index is 0. The van der Waals surface area contributed by atoms with Gasteiger partial charge in [-0.25, -0.2) is 4.98 Å². The molecule has 2 fully saturated rings. The molecule has 2 saturated heterocycles. The number of rotatable bonds is 26. The summed E-state index contributed by atoms with van der Waals surface area (Å²) in [5, 5.41) is 37.3. The number of aliphatic hydroxyl groups is 2. The van der Waals surface area contributed by atoms with Crippen LogP contribution in [0.15, 0.2) is 67.8 Å². The Hall–Kier alpha value is -7.00. The van der Waals surface area contributed by atoms with Crippen LogP contribution in [0.3, 0.4) is 0 Å². The first-order valence-electron chi connectivity index (χ1n) is 31.2. The molecular formula is C64H91CoN14O14P-2. The number of hydrogen-bond acceptors (Lipinski definition) is 20. The molecule has 0 aliphatic carbocycles. The summed E-state index contributed by atoms with van der Waals surface area (Å²) in [4.78, 5) is 129. The van der Waals surface area contributed by atoms with Gasteiger partial charge >= 0.3 is 0 Å². The monoisotopic (exact) mass is 1370 g/mol. The Morgan fingerprint density at radius 2 is 1.43 bits per heavy atom. The van der Waals surface area contributed by atoms with E-state index in [1.165, 1.54) is 24.9 Å². The molecule has 30 heteroatoms. The molecule has 94 heavy (non-hydrogen) atoms. The van der Waals surface area contributed by atoms with Crippen molar-refractivity contribution in [2.45, 2.75) is 189 Å². The van der Waals surface area contributed by atoms with Crippen molar-refractivity contribution in [3.8, 4) is 0 Å². The second-order valence-corrected chi connectivity index (χ2v) is 28.6. The predicted octanol–water partition coefficient (Wildman–Crippen LogP) is 2.89. The first-order chi connectivity index (χ1) is 43.4. The molecule has 1 unspecified atom stereocenters. The van der Waals surface area contributed by atoms with E-state index in [2.05, 4.69) is 20.9 Å². The Kier molecular flexibility index (Phi) is 23.6. The summed E-state index contributed by atoms with van der Waals surface area (Å²) in [6, 6.07) is 2.79. The Morgan fingerprint density at radius 3 is 2.01 bits per heavy atom. The number of allylic oxidation sites excluding steroid dienone is 6. The van der Waals surface area contributed by atoms with Gasteiger partial charge in [0.05, 0.1) is 47.3 Å². The van der Waals surface area contributed by atoms with Crippen molar-refractivity contribution >= 4 is 77.3 Å². The fourth-order valence-corrected chi connectivity index (χ4v) is 16.7. The third kappa shape index (κ3) is 14.7. The molecular weight excluding hydrogens is 1280 g/mol. The summed E-state index contributed by atoms with van der Waals surface area (Å²) in [6.07, 6.45) is -4.27. The number of phosphoric acid groups is 1. The molecule has 6 aliphatic heterocycles. The average molecular weight is 1370 g/mol. The number of aromatic nitrogens is 2. The molecule has 1 aromatic heterocycles. The molecule has 6 aliphatic rings. The van der Waals surface area contributed by atoms with Crippen molar-refractivity contribution in [1.82, 2.24) is 25.5 Å². The van der Waals surface area contributed by atoms with E-state index >= 15 is 0 Å². The second-order valence-electron chi connectivity index (χ2n) is 27.3. The third-order valence-corrected chi connectivity index (χ3v) is 22.0. The number of nitrogens with zero attached hydrogens (tertiary/aromatic N) is 6. The number of fused-ring (bicyclic) bond motifs is 7. The number of phosphoric ester groups is 1. The predicted molar refractivity (Wildman–Crippen MR) is 341 cm³/mol. The van der Waals surface area contributed by atoms with Gasteiger partial charge in [0.15, 0.2) is 6.23 Å². The van der Waals surface area contributed by atoms with E-state index in [9.17, 15) is 53.2 Å². The Balaban J connectivity index is 0.00000462. The van der Waals surface area contributed by atoms with Crippen LogP contribution in [0.4, 0.5) is 0 Å². The molecule has 28 nitrogen and oxygen atoms in total.